The van der Waals surface area contributed by atoms with Gasteiger partial charge in [0.1, 0.15) is 5.75 Å². The second-order valence-electron chi connectivity index (χ2n) is 6.34. The molecule has 8 heteroatoms. The van der Waals surface area contributed by atoms with Crippen LogP contribution in [0, 0.1) is 0 Å². The number of nitrogens with one attached hydrogen (secondary N) is 2. The summed E-state index contributed by atoms with van der Waals surface area (Å²) in [5.41, 5.74) is 0. The van der Waals surface area contributed by atoms with Gasteiger partial charge in [-0.05, 0) is 57.0 Å². The second-order valence-corrected chi connectivity index (χ2v) is 8.36. The minimum Gasteiger partial charge on any atom is -0.494 e. The molecule has 2 atom stereocenters. The van der Waals surface area contributed by atoms with E-state index in [0.29, 0.717) is 31.2 Å². The van der Waals surface area contributed by atoms with Crippen molar-refractivity contribution in [3.8, 4) is 5.75 Å². The Morgan fingerprint density at radius 3 is 2.60 bits per heavy atom. The Morgan fingerprint density at radius 1 is 1.32 bits per heavy atom. The smallest absolute Gasteiger partial charge is 0.220 e. The molecule has 0 radical (unpaired) electrons. The molecule has 25 heavy (non-hydrogen) atoms. The molecule has 1 aromatic rings. The summed E-state index contributed by atoms with van der Waals surface area (Å²) in [4.78, 5) is 12.2. The summed E-state index contributed by atoms with van der Waals surface area (Å²) >= 11 is 0. The van der Waals surface area contributed by atoms with Gasteiger partial charge >= 0.3 is 0 Å². The fourth-order valence-electron chi connectivity index (χ4n) is 2.77. The first-order valence-corrected chi connectivity index (χ1v) is 10.2. The predicted molar refractivity (Wildman–Crippen MR) is 100 cm³/mol. The van der Waals surface area contributed by atoms with Gasteiger partial charge in [0, 0.05) is 24.8 Å². The van der Waals surface area contributed by atoms with Crippen molar-refractivity contribution in [2.24, 2.45) is 0 Å². The van der Waals surface area contributed by atoms with E-state index < -0.39 is 9.84 Å². The van der Waals surface area contributed by atoms with Crippen LogP contribution in [0.4, 0.5) is 0 Å². The summed E-state index contributed by atoms with van der Waals surface area (Å²) in [6.07, 6.45) is 4.17. The summed E-state index contributed by atoms with van der Waals surface area (Å²) in [7, 11) is -3.19. The standard InChI is InChI=1S/C17H26N2O4S.ClH/c1-13-12-14(9-10-18-13)19-17(20)4-3-11-23-15-5-7-16(8-6-15)24(2,21)22;/h5-8,13-14,18H,3-4,9-12H2,1-2H3,(H,19,20);1H. The summed E-state index contributed by atoms with van der Waals surface area (Å²) in [6.45, 7) is 3.49. The van der Waals surface area contributed by atoms with Gasteiger partial charge in [0.05, 0.1) is 11.5 Å². The molecule has 2 rings (SSSR count). The topological polar surface area (TPSA) is 84.5 Å². The fourth-order valence-corrected chi connectivity index (χ4v) is 3.40. The van der Waals surface area contributed by atoms with E-state index in [-0.39, 0.29) is 29.3 Å². The average Bonchev–Trinajstić information content (AvgIpc) is 2.51. The van der Waals surface area contributed by atoms with Crippen molar-refractivity contribution in [1.82, 2.24) is 10.6 Å². The number of hydrogen-bond acceptors (Lipinski definition) is 5. The zero-order valence-electron chi connectivity index (χ0n) is 14.7. The third-order valence-corrected chi connectivity index (χ3v) is 5.19. The van der Waals surface area contributed by atoms with Crippen molar-refractivity contribution < 1.29 is 17.9 Å². The molecule has 1 aromatic carbocycles. The van der Waals surface area contributed by atoms with Gasteiger partial charge in [-0.25, -0.2) is 8.42 Å². The molecule has 1 saturated heterocycles. The number of halogens is 1. The Morgan fingerprint density at radius 2 is 2.00 bits per heavy atom. The van der Waals surface area contributed by atoms with Gasteiger partial charge in [-0.15, -0.1) is 12.4 Å². The molecule has 6 nitrogen and oxygen atoms in total. The fraction of sp³-hybridized carbons (Fsp3) is 0.588. The van der Waals surface area contributed by atoms with Crippen LogP contribution in [0.2, 0.25) is 0 Å². The van der Waals surface area contributed by atoms with Gasteiger partial charge < -0.3 is 15.4 Å². The molecular weight excluding hydrogens is 364 g/mol. The van der Waals surface area contributed by atoms with Crippen molar-refractivity contribution in [2.75, 3.05) is 19.4 Å². The van der Waals surface area contributed by atoms with E-state index in [2.05, 4.69) is 17.6 Å². The molecule has 1 heterocycles. The molecule has 1 fully saturated rings. The second kappa shape index (κ2) is 9.99. The minimum absolute atomic E-state index is 0. The first-order chi connectivity index (χ1) is 11.3. The van der Waals surface area contributed by atoms with Crippen molar-refractivity contribution in [3.05, 3.63) is 24.3 Å². The lowest BCUT2D eigenvalue weighted by atomic mass is 10.0. The minimum atomic E-state index is -3.19. The molecule has 0 bridgehead atoms. The lowest BCUT2D eigenvalue weighted by Gasteiger charge is -2.28. The van der Waals surface area contributed by atoms with Gasteiger partial charge in [0.2, 0.25) is 5.91 Å². The maximum atomic E-state index is 11.9. The average molecular weight is 391 g/mol. The highest BCUT2D eigenvalue weighted by molar-refractivity contribution is 7.90. The number of sulfone groups is 1. The predicted octanol–water partition coefficient (Wildman–Crippen LogP) is 1.93. The third kappa shape index (κ3) is 7.63. The Balaban J connectivity index is 0.00000312. The summed E-state index contributed by atoms with van der Waals surface area (Å²) in [5, 5.41) is 6.43. The van der Waals surface area contributed by atoms with Crippen molar-refractivity contribution in [3.63, 3.8) is 0 Å². The van der Waals surface area contributed by atoms with Crippen LogP contribution < -0.4 is 15.4 Å². The highest BCUT2D eigenvalue weighted by Gasteiger charge is 2.19. The van der Waals surface area contributed by atoms with E-state index in [9.17, 15) is 13.2 Å². The largest absolute Gasteiger partial charge is 0.494 e. The highest BCUT2D eigenvalue weighted by Crippen LogP contribution is 2.16. The maximum absolute atomic E-state index is 11.9. The van der Waals surface area contributed by atoms with Gasteiger partial charge in [0.15, 0.2) is 9.84 Å². The van der Waals surface area contributed by atoms with E-state index in [4.69, 9.17) is 4.74 Å². The number of rotatable bonds is 7. The number of carbonyl (C=O) groups is 1. The number of piperidine rings is 1. The SMILES string of the molecule is CC1CC(NC(=O)CCCOc2ccc(S(C)(=O)=O)cc2)CCN1.Cl. The Bertz CT molecular complexity index is 649. The molecule has 2 unspecified atom stereocenters. The summed E-state index contributed by atoms with van der Waals surface area (Å²) in [6, 6.07) is 7.02. The van der Waals surface area contributed by atoms with Crippen LogP contribution in [0.5, 0.6) is 5.75 Å². The number of benzene rings is 1. The number of hydrogen-bond donors (Lipinski definition) is 2. The Hall–Kier alpha value is -1.31. The van der Waals surface area contributed by atoms with E-state index in [1.807, 2.05) is 0 Å². The Kier molecular flexibility index (Phi) is 8.68. The molecule has 0 saturated carbocycles. The monoisotopic (exact) mass is 390 g/mol. The van der Waals surface area contributed by atoms with E-state index >= 15 is 0 Å². The quantitative estimate of drug-likeness (QED) is 0.695. The first kappa shape index (κ1) is 21.7. The molecule has 1 aliphatic rings. The van der Waals surface area contributed by atoms with Gasteiger partial charge in [0.25, 0.3) is 0 Å². The van der Waals surface area contributed by atoms with Gasteiger partial charge in [-0.2, -0.15) is 0 Å². The lowest BCUT2D eigenvalue weighted by molar-refractivity contribution is -0.122. The Labute approximate surface area is 156 Å². The maximum Gasteiger partial charge on any atom is 0.220 e. The van der Waals surface area contributed by atoms with Crippen molar-refractivity contribution in [2.45, 2.75) is 49.6 Å². The van der Waals surface area contributed by atoms with Crippen molar-refractivity contribution in [1.29, 1.82) is 0 Å². The van der Waals surface area contributed by atoms with Crippen LogP contribution in [-0.2, 0) is 14.6 Å². The first-order valence-electron chi connectivity index (χ1n) is 8.30. The molecule has 1 amide bonds. The molecule has 0 aliphatic carbocycles. The molecule has 0 spiro atoms. The zero-order valence-corrected chi connectivity index (χ0v) is 16.3. The molecular formula is C17H27ClN2O4S. The summed E-state index contributed by atoms with van der Waals surface area (Å²) in [5.74, 6) is 0.667. The van der Waals surface area contributed by atoms with Crippen LogP contribution >= 0.6 is 12.4 Å². The van der Waals surface area contributed by atoms with Crippen LogP contribution in [-0.4, -0.2) is 45.8 Å². The van der Waals surface area contributed by atoms with Crippen molar-refractivity contribution >= 4 is 28.2 Å². The van der Waals surface area contributed by atoms with Gasteiger partial charge in [-0.3, -0.25) is 4.79 Å². The van der Waals surface area contributed by atoms with E-state index in [1.54, 1.807) is 12.1 Å². The van der Waals surface area contributed by atoms with Crippen LogP contribution in [0.1, 0.15) is 32.6 Å². The molecule has 1 aliphatic heterocycles. The summed E-state index contributed by atoms with van der Waals surface area (Å²) < 4.78 is 28.3. The molecule has 2 N–H and O–H groups in total. The normalized spacial score (nSPS) is 20.4. The van der Waals surface area contributed by atoms with E-state index in [1.165, 1.54) is 18.4 Å². The zero-order chi connectivity index (χ0) is 17.6. The van der Waals surface area contributed by atoms with Crippen LogP contribution in [0.25, 0.3) is 0 Å². The third-order valence-electron chi connectivity index (χ3n) is 4.06. The van der Waals surface area contributed by atoms with Crippen LogP contribution in [0.3, 0.4) is 0 Å². The van der Waals surface area contributed by atoms with Gasteiger partial charge in [-0.1, -0.05) is 0 Å². The van der Waals surface area contributed by atoms with E-state index in [0.717, 1.165) is 19.4 Å². The molecule has 0 aromatic heterocycles. The highest BCUT2D eigenvalue weighted by atomic mass is 35.5. The number of amides is 1. The van der Waals surface area contributed by atoms with Crippen LogP contribution in [0.15, 0.2) is 29.2 Å². The molecule has 142 valence electrons. The number of carbonyl (C=O) groups excluding carboxylic acids is 1. The number of ether oxygens (including phenoxy) is 1. The lowest BCUT2D eigenvalue weighted by Crippen LogP contribution is -2.46.